The number of morpholine rings is 1. The molecule has 5 heterocycles. The molecule has 0 bridgehead atoms. The summed E-state index contributed by atoms with van der Waals surface area (Å²) in [4.78, 5) is 24.1. The van der Waals surface area contributed by atoms with E-state index in [-0.39, 0.29) is 18.8 Å². The van der Waals surface area contributed by atoms with Gasteiger partial charge in [0.1, 0.15) is 23.8 Å². The molecule has 4 aromatic heterocycles. The third kappa shape index (κ3) is 6.99. The Kier molecular flexibility index (Phi) is 9.79. The molecule has 1 saturated heterocycles. The lowest BCUT2D eigenvalue weighted by molar-refractivity contribution is 0.0882. The van der Waals surface area contributed by atoms with Crippen LogP contribution in [0.15, 0.2) is 54.3 Å². The van der Waals surface area contributed by atoms with Crippen molar-refractivity contribution in [3.05, 3.63) is 77.3 Å². The van der Waals surface area contributed by atoms with E-state index in [1.165, 1.54) is 11.3 Å². The third-order valence-electron chi connectivity index (χ3n) is 8.43. The predicted octanol–water partition coefficient (Wildman–Crippen LogP) is 5.39. The number of hydrogen-bond acceptors (Lipinski definition) is 11. The first kappa shape index (κ1) is 33.0. The van der Waals surface area contributed by atoms with Gasteiger partial charge < -0.3 is 28.6 Å². The zero-order valence-electron chi connectivity index (χ0n) is 27.6. The fourth-order valence-corrected chi connectivity index (χ4v) is 6.99. The second kappa shape index (κ2) is 14.5. The number of benzene rings is 2. The average Bonchev–Trinajstić information content (AvgIpc) is 3.88. The second-order valence-electron chi connectivity index (χ2n) is 12.2. The van der Waals surface area contributed by atoms with Gasteiger partial charge in [0, 0.05) is 41.2 Å². The highest BCUT2D eigenvalue weighted by Gasteiger charge is 2.26. The van der Waals surface area contributed by atoms with E-state index in [1.54, 1.807) is 35.6 Å². The van der Waals surface area contributed by atoms with Crippen LogP contribution < -0.4 is 14.5 Å². The second-order valence-corrected chi connectivity index (χ2v) is 16.4. The molecule has 256 valence electrons. The maximum Gasteiger partial charge on any atom is 0.232 e. The van der Waals surface area contributed by atoms with Crippen molar-refractivity contribution in [2.24, 2.45) is 0 Å². The van der Waals surface area contributed by atoms with Crippen LogP contribution in [-0.4, -0.2) is 82.9 Å². The van der Waals surface area contributed by atoms with Crippen LogP contribution in [0.3, 0.4) is 0 Å². The van der Waals surface area contributed by atoms with Crippen LogP contribution >= 0.6 is 11.3 Å². The van der Waals surface area contributed by atoms with Gasteiger partial charge in [-0.1, -0.05) is 25.2 Å². The van der Waals surface area contributed by atoms with E-state index < -0.39 is 20.4 Å². The Morgan fingerprint density at radius 1 is 1.00 bits per heavy atom. The van der Waals surface area contributed by atoms with Crippen molar-refractivity contribution in [2.45, 2.75) is 39.0 Å². The van der Waals surface area contributed by atoms with E-state index in [0.29, 0.717) is 68.3 Å². The maximum atomic E-state index is 15.2. The fraction of sp³-hybridized carbons (Fsp3) is 0.364. The van der Waals surface area contributed by atoms with Crippen LogP contribution in [0.2, 0.25) is 19.1 Å². The van der Waals surface area contributed by atoms with Gasteiger partial charge in [-0.15, -0.1) is 11.3 Å². The van der Waals surface area contributed by atoms with Gasteiger partial charge in [-0.25, -0.2) is 13.8 Å². The Labute approximate surface area is 287 Å². The van der Waals surface area contributed by atoms with Crippen molar-refractivity contribution in [3.8, 4) is 16.2 Å². The van der Waals surface area contributed by atoms with Crippen molar-refractivity contribution in [2.75, 3.05) is 49.8 Å². The molecule has 0 radical (unpaired) electrons. The summed E-state index contributed by atoms with van der Waals surface area (Å²) < 4.78 is 50.3. The summed E-state index contributed by atoms with van der Waals surface area (Å²) in [6.45, 7) is 8.19. The molecule has 16 heteroatoms. The van der Waals surface area contributed by atoms with Gasteiger partial charge in [-0.05, 0) is 35.9 Å². The highest BCUT2D eigenvalue weighted by molar-refractivity contribution is 7.13. The summed E-state index contributed by atoms with van der Waals surface area (Å²) in [7, 11) is 0.785. The predicted molar refractivity (Wildman–Crippen MR) is 187 cm³/mol. The topological polar surface area (TPSA) is 108 Å². The Balaban J connectivity index is 1.37. The number of hydrogen-bond donors (Lipinski definition) is 0. The molecule has 0 atom stereocenters. The van der Waals surface area contributed by atoms with Crippen LogP contribution in [0.4, 0.5) is 20.7 Å². The molecule has 0 N–H and O–H groups in total. The highest BCUT2D eigenvalue weighted by Crippen LogP contribution is 2.32. The standard InChI is InChI=1S/C33H37F2N9O3SSi/c1-45-23-6-4-22(5-7-23)18-42(19-28-38-30-26(9-8-25(34)29(30)35)43(28)21-47-14-15-49(2)3)33-40-32(41-10-12-46-13-11-41)39-31-24(16-37-44(31)33)27-17-36-20-48-27/h4-9,16-17,20,49H,10-15,18-19,21H2,1-3H3. The minimum Gasteiger partial charge on any atom is -0.497 e. The Morgan fingerprint density at radius 3 is 2.55 bits per heavy atom. The van der Waals surface area contributed by atoms with Crippen LogP contribution in [-0.2, 0) is 29.3 Å². The van der Waals surface area contributed by atoms with Crippen molar-refractivity contribution in [1.82, 2.24) is 34.1 Å². The maximum absolute atomic E-state index is 15.2. The minimum atomic E-state index is -0.992. The molecule has 0 amide bonds. The molecule has 2 aromatic carbocycles. The summed E-state index contributed by atoms with van der Waals surface area (Å²) >= 11 is 1.50. The van der Waals surface area contributed by atoms with E-state index in [1.807, 2.05) is 33.7 Å². The van der Waals surface area contributed by atoms with Crippen molar-refractivity contribution >= 4 is 48.7 Å². The SMILES string of the molecule is COc1ccc(CN(Cc2nc3c(F)c(F)ccc3n2COCC[SiH](C)C)c2nc(N3CCOCC3)nc3c(-c4cncs4)cnn23)cc1. The smallest absolute Gasteiger partial charge is 0.232 e. The van der Waals surface area contributed by atoms with Gasteiger partial charge in [0.25, 0.3) is 0 Å². The average molecular weight is 706 g/mol. The number of ether oxygens (including phenoxy) is 3. The largest absolute Gasteiger partial charge is 0.497 e. The molecule has 0 spiro atoms. The first-order valence-electron chi connectivity index (χ1n) is 16.2. The molecular weight excluding hydrogens is 669 g/mol. The normalized spacial score (nSPS) is 13.6. The molecule has 1 fully saturated rings. The third-order valence-corrected chi connectivity index (χ3v) is 10.6. The van der Waals surface area contributed by atoms with Gasteiger partial charge >= 0.3 is 0 Å². The van der Waals surface area contributed by atoms with Crippen LogP contribution in [0.25, 0.3) is 27.1 Å². The lowest BCUT2D eigenvalue weighted by atomic mass is 10.2. The first-order chi connectivity index (χ1) is 23.9. The van der Waals surface area contributed by atoms with E-state index in [9.17, 15) is 4.39 Å². The van der Waals surface area contributed by atoms with Crippen molar-refractivity contribution in [1.29, 1.82) is 0 Å². The highest BCUT2D eigenvalue weighted by atomic mass is 32.1. The zero-order chi connectivity index (χ0) is 33.9. The molecule has 0 saturated carbocycles. The molecular formula is C33H37F2N9O3SSi. The minimum absolute atomic E-state index is 0.0466. The number of halogens is 2. The Bertz CT molecular complexity index is 2030. The van der Waals surface area contributed by atoms with E-state index in [2.05, 4.69) is 28.0 Å². The van der Waals surface area contributed by atoms with Gasteiger partial charge in [0.15, 0.2) is 17.3 Å². The first-order valence-corrected chi connectivity index (χ1v) is 20.2. The monoisotopic (exact) mass is 705 g/mol. The van der Waals surface area contributed by atoms with Gasteiger partial charge in [0.05, 0.1) is 54.5 Å². The number of fused-ring (bicyclic) bond motifs is 2. The Hall–Kier alpha value is -4.51. The number of rotatable bonds is 13. The molecule has 6 aromatic rings. The molecule has 1 aliphatic rings. The van der Waals surface area contributed by atoms with Gasteiger partial charge in [-0.2, -0.15) is 19.6 Å². The lowest BCUT2D eigenvalue weighted by Crippen LogP contribution is -2.38. The zero-order valence-corrected chi connectivity index (χ0v) is 29.5. The number of imidazole rings is 1. The summed E-state index contributed by atoms with van der Waals surface area (Å²) in [5.41, 5.74) is 4.60. The molecule has 0 unspecified atom stereocenters. The molecule has 12 nitrogen and oxygen atoms in total. The number of thiazole rings is 1. The molecule has 1 aliphatic heterocycles. The Morgan fingerprint density at radius 2 is 1.82 bits per heavy atom. The van der Waals surface area contributed by atoms with Crippen LogP contribution in [0.5, 0.6) is 5.75 Å². The van der Waals surface area contributed by atoms with E-state index in [4.69, 9.17) is 29.3 Å². The van der Waals surface area contributed by atoms with Crippen molar-refractivity contribution in [3.63, 3.8) is 0 Å². The molecule has 7 rings (SSSR count). The summed E-state index contributed by atoms with van der Waals surface area (Å²) in [6, 6.07) is 11.4. The van der Waals surface area contributed by atoms with Crippen LogP contribution in [0.1, 0.15) is 11.4 Å². The molecule has 49 heavy (non-hydrogen) atoms. The summed E-state index contributed by atoms with van der Waals surface area (Å²) in [6.07, 6.45) is 3.57. The lowest BCUT2D eigenvalue weighted by Gasteiger charge is -2.29. The van der Waals surface area contributed by atoms with E-state index in [0.717, 1.165) is 33.9 Å². The van der Waals surface area contributed by atoms with Gasteiger partial charge in [0.2, 0.25) is 11.9 Å². The number of anilines is 2. The van der Waals surface area contributed by atoms with Crippen molar-refractivity contribution < 1.29 is 23.0 Å². The fourth-order valence-electron chi connectivity index (χ4n) is 5.73. The number of nitrogens with zero attached hydrogens (tertiary/aromatic N) is 9. The summed E-state index contributed by atoms with van der Waals surface area (Å²) in [5.74, 6) is 0.329. The number of aromatic nitrogens is 7. The van der Waals surface area contributed by atoms with Crippen LogP contribution in [0, 0.1) is 11.6 Å². The molecule has 0 aliphatic carbocycles. The van der Waals surface area contributed by atoms with E-state index >= 15 is 4.39 Å². The van der Waals surface area contributed by atoms with Gasteiger partial charge in [-0.3, -0.25) is 4.98 Å². The number of methoxy groups -OCH3 is 1. The quantitative estimate of drug-likeness (QED) is 0.115. The summed E-state index contributed by atoms with van der Waals surface area (Å²) in [5, 5.41) is 4.77.